The molecule has 0 radical (unpaired) electrons. The summed E-state index contributed by atoms with van der Waals surface area (Å²) in [5.41, 5.74) is 0.668. The summed E-state index contributed by atoms with van der Waals surface area (Å²) in [4.78, 5) is 14.1. The molecule has 92 valence electrons. The lowest BCUT2D eigenvalue weighted by Gasteiger charge is -2.31. The van der Waals surface area contributed by atoms with E-state index in [1.54, 1.807) is 18.2 Å². The van der Waals surface area contributed by atoms with Gasteiger partial charge in [0, 0.05) is 29.6 Å². The summed E-state index contributed by atoms with van der Waals surface area (Å²) in [6, 6.07) is 7.11. The molecule has 1 aromatic rings. The highest BCUT2D eigenvalue weighted by molar-refractivity contribution is 6.30. The Labute approximate surface area is 112 Å². The third-order valence-corrected chi connectivity index (χ3v) is 3.86. The maximum absolute atomic E-state index is 12.2. The molecule has 0 atom stereocenters. The first kappa shape index (κ1) is 12.7. The van der Waals surface area contributed by atoms with Gasteiger partial charge in [0.15, 0.2) is 0 Å². The van der Waals surface area contributed by atoms with Crippen molar-refractivity contribution in [3.05, 3.63) is 34.9 Å². The van der Waals surface area contributed by atoms with Crippen LogP contribution in [0.1, 0.15) is 23.2 Å². The second-order valence-corrected chi connectivity index (χ2v) is 5.15. The van der Waals surface area contributed by atoms with Gasteiger partial charge in [-0.2, -0.15) is 0 Å². The van der Waals surface area contributed by atoms with Crippen LogP contribution in [-0.2, 0) is 0 Å². The molecule has 1 amide bonds. The highest BCUT2D eigenvalue weighted by Crippen LogP contribution is 2.20. The molecule has 4 heteroatoms. The molecule has 0 bridgehead atoms. The molecule has 1 aliphatic heterocycles. The summed E-state index contributed by atoms with van der Waals surface area (Å²) in [6.07, 6.45) is 1.99. The lowest BCUT2D eigenvalue weighted by atomic mass is 9.98. The van der Waals surface area contributed by atoms with Gasteiger partial charge in [0.25, 0.3) is 5.91 Å². The second kappa shape index (κ2) is 5.74. The monoisotopic (exact) mass is 271 g/mol. The van der Waals surface area contributed by atoms with E-state index in [-0.39, 0.29) is 5.91 Å². The largest absolute Gasteiger partial charge is 0.339 e. The zero-order chi connectivity index (χ0) is 12.3. The van der Waals surface area contributed by atoms with E-state index in [1.165, 1.54) is 0 Å². The van der Waals surface area contributed by atoms with Gasteiger partial charge in [-0.1, -0.05) is 17.7 Å². The van der Waals surface area contributed by atoms with Crippen molar-refractivity contribution in [3.8, 4) is 0 Å². The van der Waals surface area contributed by atoms with Gasteiger partial charge in [0.1, 0.15) is 0 Å². The van der Waals surface area contributed by atoms with Crippen molar-refractivity contribution < 1.29 is 4.79 Å². The molecular formula is C13H15Cl2NO. The molecule has 0 N–H and O–H groups in total. The average Bonchev–Trinajstić information content (AvgIpc) is 2.38. The fourth-order valence-electron chi connectivity index (χ4n) is 2.09. The molecule has 1 fully saturated rings. The molecule has 1 heterocycles. The van der Waals surface area contributed by atoms with E-state index in [2.05, 4.69) is 0 Å². The molecule has 2 nitrogen and oxygen atoms in total. The fourth-order valence-corrected chi connectivity index (χ4v) is 2.59. The number of benzene rings is 1. The van der Waals surface area contributed by atoms with Crippen LogP contribution in [0.15, 0.2) is 24.3 Å². The quantitative estimate of drug-likeness (QED) is 0.755. The van der Waals surface area contributed by atoms with Crippen LogP contribution < -0.4 is 0 Å². The third kappa shape index (κ3) is 3.14. The van der Waals surface area contributed by atoms with Crippen LogP contribution in [0.4, 0.5) is 0 Å². The number of rotatable bonds is 2. The molecule has 1 saturated heterocycles. The van der Waals surface area contributed by atoms with Crippen LogP contribution in [0, 0.1) is 5.92 Å². The van der Waals surface area contributed by atoms with E-state index >= 15 is 0 Å². The number of piperidine rings is 1. The van der Waals surface area contributed by atoms with Crippen LogP contribution in [-0.4, -0.2) is 29.8 Å². The predicted octanol–water partition coefficient (Wildman–Crippen LogP) is 3.43. The van der Waals surface area contributed by atoms with Crippen LogP contribution in [0.5, 0.6) is 0 Å². The highest BCUT2D eigenvalue weighted by atomic mass is 35.5. The first-order valence-electron chi connectivity index (χ1n) is 5.81. The Morgan fingerprint density at radius 1 is 1.35 bits per heavy atom. The number of hydrogen-bond donors (Lipinski definition) is 0. The molecule has 0 aliphatic carbocycles. The van der Waals surface area contributed by atoms with E-state index in [0.717, 1.165) is 25.9 Å². The number of carbonyl (C=O) groups is 1. The fraction of sp³-hybridized carbons (Fsp3) is 0.462. The molecule has 1 aliphatic rings. The smallest absolute Gasteiger partial charge is 0.253 e. The lowest BCUT2D eigenvalue weighted by molar-refractivity contribution is 0.0698. The summed E-state index contributed by atoms with van der Waals surface area (Å²) in [5, 5.41) is 0.603. The molecule has 0 unspecified atom stereocenters. The van der Waals surface area contributed by atoms with Crippen LogP contribution in [0.25, 0.3) is 0 Å². The van der Waals surface area contributed by atoms with Gasteiger partial charge < -0.3 is 4.90 Å². The number of halogens is 2. The van der Waals surface area contributed by atoms with Crippen molar-refractivity contribution in [3.63, 3.8) is 0 Å². The Hall–Kier alpha value is -0.730. The number of alkyl halides is 1. The first-order valence-corrected chi connectivity index (χ1v) is 6.73. The summed E-state index contributed by atoms with van der Waals surface area (Å²) in [6.45, 7) is 1.59. The number of hydrogen-bond acceptors (Lipinski definition) is 1. The van der Waals surface area contributed by atoms with Gasteiger partial charge >= 0.3 is 0 Å². The van der Waals surface area contributed by atoms with Crippen molar-refractivity contribution in [2.45, 2.75) is 12.8 Å². The molecule has 2 rings (SSSR count). The van der Waals surface area contributed by atoms with Crippen molar-refractivity contribution in [2.75, 3.05) is 19.0 Å². The van der Waals surface area contributed by atoms with Crippen LogP contribution in [0.3, 0.4) is 0 Å². The molecule has 17 heavy (non-hydrogen) atoms. The summed E-state index contributed by atoms with van der Waals surface area (Å²) >= 11 is 11.7. The summed E-state index contributed by atoms with van der Waals surface area (Å²) in [7, 11) is 0. The molecule has 0 spiro atoms. The standard InChI is InChI=1S/C13H15Cl2NO/c14-9-10-4-6-16(7-5-10)13(17)11-2-1-3-12(15)8-11/h1-3,8,10H,4-7,9H2. The SMILES string of the molecule is O=C(c1cccc(Cl)c1)N1CCC(CCl)CC1. The third-order valence-electron chi connectivity index (χ3n) is 3.19. The molecular weight excluding hydrogens is 257 g/mol. The normalized spacial score (nSPS) is 17.2. The van der Waals surface area contributed by atoms with Gasteiger partial charge in [-0.15, -0.1) is 11.6 Å². The molecule has 1 aromatic carbocycles. The van der Waals surface area contributed by atoms with Crippen molar-refractivity contribution in [1.29, 1.82) is 0 Å². The van der Waals surface area contributed by atoms with E-state index < -0.39 is 0 Å². The Bertz CT molecular complexity index is 400. The van der Waals surface area contributed by atoms with Gasteiger partial charge in [-0.25, -0.2) is 0 Å². The van der Waals surface area contributed by atoms with Gasteiger partial charge in [0.2, 0.25) is 0 Å². The number of likely N-dealkylation sites (tertiary alicyclic amines) is 1. The zero-order valence-electron chi connectivity index (χ0n) is 9.53. The van der Waals surface area contributed by atoms with Crippen molar-refractivity contribution >= 4 is 29.1 Å². The van der Waals surface area contributed by atoms with Gasteiger partial charge in [-0.05, 0) is 37.0 Å². The van der Waals surface area contributed by atoms with E-state index in [0.29, 0.717) is 22.4 Å². The second-order valence-electron chi connectivity index (χ2n) is 4.40. The minimum Gasteiger partial charge on any atom is -0.339 e. The molecule has 0 aromatic heterocycles. The summed E-state index contributed by atoms with van der Waals surface area (Å²) < 4.78 is 0. The van der Waals surface area contributed by atoms with Crippen molar-refractivity contribution in [1.82, 2.24) is 4.90 Å². The Balaban J connectivity index is 2.02. The maximum atomic E-state index is 12.2. The van der Waals surface area contributed by atoms with Crippen LogP contribution >= 0.6 is 23.2 Å². The zero-order valence-corrected chi connectivity index (χ0v) is 11.0. The van der Waals surface area contributed by atoms with E-state index in [1.807, 2.05) is 11.0 Å². The minimum atomic E-state index is 0.0699. The Morgan fingerprint density at radius 3 is 2.65 bits per heavy atom. The average molecular weight is 272 g/mol. The molecule has 0 saturated carbocycles. The lowest BCUT2D eigenvalue weighted by Crippen LogP contribution is -2.38. The van der Waals surface area contributed by atoms with Gasteiger partial charge in [-0.3, -0.25) is 4.79 Å². The van der Waals surface area contributed by atoms with Crippen LogP contribution in [0.2, 0.25) is 5.02 Å². The summed E-state index contributed by atoms with van der Waals surface area (Å²) in [5.74, 6) is 1.32. The van der Waals surface area contributed by atoms with Gasteiger partial charge in [0.05, 0.1) is 0 Å². The number of nitrogens with zero attached hydrogens (tertiary/aromatic N) is 1. The Kier molecular flexibility index (Phi) is 4.30. The van der Waals surface area contributed by atoms with E-state index in [4.69, 9.17) is 23.2 Å². The van der Waals surface area contributed by atoms with E-state index in [9.17, 15) is 4.79 Å². The highest BCUT2D eigenvalue weighted by Gasteiger charge is 2.22. The Morgan fingerprint density at radius 2 is 2.06 bits per heavy atom. The maximum Gasteiger partial charge on any atom is 0.253 e. The number of carbonyl (C=O) groups excluding carboxylic acids is 1. The number of amides is 1. The topological polar surface area (TPSA) is 20.3 Å². The first-order chi connectivity index (χ1) is 8.20. The minimum absolute atomic E-state index is 0.0699. The predicted molar refractivity (Wildman–Crippen MR) is 70.8 cm³/mol. The van der Waals surface area contributed by atoms with Crippen molar-refractivity contribution in [2.24, 2.45) is 5.92 Å².